The van der Waals surface area contributed by atoms with Crippen LogP contribution in [0.1, 0.15) is 18.3 Å². The smallest absolute Gasteiger partial charge is 0.453 e. The molecule has 0 saturated heterocycles. The molecule has 0 fully saturated rings. The normalized spacial score (nSPS) is 11.7. The monoisotopic (exact) mass is 391 g/mol. The van der Waals surface area contributed by atoms with E-state index in [2.05, 4.69) is 10.2 Å². The number of H-pyrrole nitrogens is 1. The lowest BCUT2D eigenvalue weighted by atomic mass is 10.2. The second-order valence-corrected chi connectivity index (χ2v) is 5.05. The number of aromatic nitrogens is 3. The number of nitrogens with zero attached hydrogens (tertiary/aromatic N) is 4. The summed E-state index contributed by atoms with van der Waals surface area (Å²) in [6.45, 7) is 1.79. The van der Waals surface area contributed by atoms with Crippen molar-refractivity contribution in [2.45, 2.75) is 13.1 Å². The molecule has 0 saturated carbocycles. The van der Waals surface area contributed by atoms with E-state index >= 15 is 0 Å². The molecule has 13 heteroatoms. The van der Waals surface area contributed by atoms with Gasteiger partial charge < -0.3 is 9.47 Å². The number of benzene rings is 1. The quantitative estimate of drug-likeness (QED) is 0.351. The Kier molecular flexibility index (Phi) is 5.59. The minimum Gasteiger partial charge on any atom is -0.493 e. The molecule has 0 atom stereocenters. The first-order valence-electron chi connectivity index (χ1n) is 6.97. The van der Waals surface area contributed by atoms with E-state index < -0.39 is 22.6 Å². The Morgan fingerprint density at radius 2 is 2.19 bits per heavy atom. The average Bonchev–Trinajstić information content (AvgIpc) is 2.94. The molecule has 0 aliphatic rings. The van der Waals surface area contributed by atoms with Gasteiger partial charge in [0.25, 0.3) is 5.82 Å². The first-order valence-corrected chi connectivity index (χ1v) is 7.38. The van der Waals surface area contributed by atoms with E-state index in [9.17, 15) is 23.3 Å². The molecule has 1 N–H and O–H groups in total. The summed E-state index contributed by atoms with van der Waals surface area (Å²) in [7, 11) is 1.27. The van der Waals surface area contributed by atoms with Gasteiger partial charge in [0, 0.05) is 11.6 Å². The third-order valence-corrected chi connectivity index (χ3v) is 3.25. The van der Waals surface area contributed by atoms with Crippen molar-refractivity contribution in [1.82, 2.24) is 14.9 Å². The van der Waals surface area contributed by atoms with Gasteiger partial charge in [-0.25, -0.2) is 5.10 Å². The topological polar surface area (TPSA) is 108 Å². The van der Waals surface area contributed by atoms with Gasteiger partial charge in [-0.2, -0.15) is 22.9 Å². The SMILES string of the molecule is CCOc1c(OC)cc(/C=N\n2c(C(F)(F)F)n[nH]c2=S)cc1[N+](=O)[O-]. The van der Waals surface area contributed by atoms with Gasteiger partial charge in [-0.1, -0.05) is 0 Å². The van der Waals surface area contributed by atoms with Crippen molar-refractivity contribution in [1.29, 1.82) is 0 Å². The zero-order chi connectivity index (χ0) is 19.5. The van der Waals surface area contributed by atoms with Crippen molar-refractivity contribution >= 4 is 24.1 Å². The van der Waals surface area contributed by atoms with Gasteiger partial charge in [-0.3, -0.25) is 10.1 Å². The molecule has 9 nitrogen and oxygen atoms in total. The van der Waals surface area contributed by atoms with E-state index in [1.54, 1.807) is 6.92 Å². The number of nitrogens with one attached hydrogen (secondary N) is 1. The number of halogens is 3. The van der Waals surface area contributed by atoms with Gasteiger partial charge in [0.05, 0.1) is 24.9 Å². The van der Waals surface area contributed by atoms with Crippen molar-refractivity contribution in [3.63, 3.8) is 0 Å². The van der Waals surface area contributed by atoms with Crippen molar-refractivity contribution in [2.75, 3.05) is 13.7 Å². The minimum atomic E-state index is -4.78. The van der Waals surface area contributed by atoms with Crippen LogP contribution in [0.5, 0.6) is 11.5 Å². The van der Waals surface area contributed by atoms with E-state index in [1.807, 2.05) is 5.10 Å². The molecule has 26 heavy (non-hydrogen) atoms. The number of ether oxygens (including phenoxy) is 2. The summed E-state index contributed by atoms with van der Waals surface area (Å²) >= 11 is 4.71. The summed E-state index contributed by atoms with van der Waals surface area (Å²) in [4.78, 5) is 10.5. The van der Waals surface area contributed by atoms with Crippen LogP contribution in [0.2, 0.25) is 0 Å². The number of rotatable bonds is 6. The fraction of sp³-hybridized carbons (Fsp3) is 0.308. The number of aromatic amines is 1. The lowest BCUT2D eigenvalue weighted by molar-refractivity contribution is -0.385. The lowest BCUT2D eigenvalue weighted by Gasteiger charge is -2.10. The molecule has 2 aromatic rings. The molecule has 0 amide bonds. The Morgan fingerprint density at radius 1 is 1.50 bits per heavy atom. The maximum Gasteiger partial charge on any atom is 0.453 e. The van der Waals surface area contributed by atoms with E-state index in [0.29, 0.717) is 4.68 Å². The highest BCUT2D eigenvalue weighted by Crippen LogP contribution is 2.38. The number of hydrogen-bond acceptors (Lipinski definition) is 7. The van der Waals surface area contributed by atoms with Crippen LogP contribution < -0.4 is 9.47 Å². The van der Waals surface area contributed by atoms with Gasteiger partial charge >= 0.3 is 11.9 Å². The first kappa shape index (κ1) is 19.4. The number of hydrogen-bond donors (Lipinski definition) is 1. The van der Waals surface area contributed by atoms with Crippen LogP contribution >= 0.6 is 12.2 Å². The van der Waals surface area contributed by atoms with Crippen molar-refractivity contribution < 1.29 is 27.6 Å². The highest BCUT2D eigenvalue weighted by Gasteiger charge is 2.37. The maximum atomic E-state index is 12.9. The molecule has 1 heterocycles. The van der Waals surface area contributed by atoms with Crippen molar-refractivity contribution in [3.8, 4) is 11.5 Å². The van der Waals surface area contributed by atoms with Crippen LogP contribution in [0.15, 0.2) is 17.2 Å². The van der Waals surface area contributed by atoms with Crippen LogP contribution in [-0.2, 0) is 6.18 Å². The highest BCUT2D eigenvalue weighted by atomic mass is 32.1. The summed E-state index contributed by atoms with van der Waals surface area (Å²) in [5, 5.41) is 19.9. The molecular weight excluding hydrogens is 379 g/mol. The molecule has 0 spiro atoms. The third kappa shape index (κ3) is 3.99. The standard InChI is InChI=1S/C13H12F3N5O4S/c1-3-25-10-8(21(22)23)4-7(5-9(10)24-2)6-17-20-11(13(14,15)16)18-19-12(20)26/h4-6H,3H2,1-2H3,(H,19,26)/b17-6-. The lowest BCUT2D eigenvalue weighted by Crippen LogP contribution is -2.12. The molecule has 0 bridgehead atoms. The van der Waals surface area contributed by atoms with E-state index in [4.69, 9.17) is 21.7 Å². The summed E-state index contributed by atoms with van der Waals surface area (Å²) in [5.74, 6) is -1.41. The van der Waals surface area contributed by atoms with Gasteiger partial charge in [-0.15, -0.1) is 5.10 Å². The summed E-state index contributed by atoms with van der Waals surface area (Å²) in [6, 6.07) is 2.42. The van der Waals surface area contributed by atoms with Gasteiger partial charge in [-0.05, 0) is 25.2 Å². The van der Waals surface area contributed by atoms with E-state index in [-0.39, 0.29) is 28.4 Å². The molecule has 0 radical (unpaired) electrons. The second-order valence-electron chi connectivity index (χ2n) is 4.67. The van der Waals surface area contributed by atoms with Gasteiger partial charge in [0.2, 0.25) is 10.5 Å². The molecule has 2 rings (SSSR count). The van der Waals surface area contributed by atoms with Crippen LogP contribution in [0.3, 0.4) is 0 Å². The zero-order valence-corrected chi connectivity index (χ0v) is 14.2. The minimum absolute atomic E-state index is 0.0364. The average molecular weight is 391 g/mol. The summed E-state index contributed by atoms with van der Waals surface area (Å²) < 4.78 is 48.8. The van der Waals surface area contributed by atoms with Gasteiger partial charge in [0.15, 0.2) is 5.75 Å². The molecule has 0 aliphatic heterocycles. The molecule has 0 aliphatic carbocycles. The maximum absolute atomic E-state index is 12.9. The number of methoxy groups -OCH3 is 1. The predicted molar refractivity (Wildman–Crippen MR) is 86.2 cm³/mol. The van der Waals surface area contributed by atoms with Crippen LogP contribution in [0.25, 0.3) is 0 Å². The highest BCUT2D eigenvalue weighted by molar-refractivity contribution is 7.71. The second kappa shape index (κ2) is 7.51. The van der Waals surface area contributed by atoms with Crippen LogP contribution in [-0.4, -0.2) is 39.7 Å². The zero-order valence-electron chi connectivity index (χ0n) is 13.4. The predicted octanol–water partition coefficient (Wildman–Crippen LogP) is 3.16. The Bertz CT molecular complexity index is 906. The first-order chi connectivity index (χ1) is 12.2. The molecular formula is C13H12F3N5O4S. The van der Waals surface area contributed by atoms with E-state index in [1.165, 1.54) is 13.2 Å². The summed E-state index contributed by atoms with van der Waals surface area (Å²) in [5.41, 5.74) is -0.312. The van der Waals surface area contributed by atoms with Crippen molar-refractivity contribution in [2.24, 2.45) is 5.10 Å². The van der Waals surface area contributed by atoms with Crippen molar-refractivity contribution in [3.05, 3.63) is 38.4 Å². The fourth-order valence-corrected chi connectivity index (χ4v) is 2.15. The molecule has 1 aromatic heterocycles. The Morgan fingerprint density at radius 3 is 2.73 bits per heavy atom. The van der Waals surface area contributed by atoms with Gasteiger partial charge in [0.1, 0.15) is 0 Å². The Labute approximate surface area is 149 Å². The van der Waals surface area contributed by atoms with E-state index in [0.717, 1.165) is 12.3 Å². The third-order valence-electron chi connectivity index (χ3n) is 2.99. The Hall–Kier alpha value is -2.96. The largest absolute Gasteiger partial charge is 0.493 e. The summed E-state index contributed by atoms with van der Waals surface area (Å²) in [6.07, 6.45) is -3.82. The van der Waals surface area contributed by atoms with Crippen LogP contribution in [0, 0.1) is 14.9 Å². The Balaban J connectivity index is 2.53. The molecule has 1 aromatic carbocycles. The fourth-order valence-electron chi connectivity index (χ4n) is 1.97. The molecule has 0 unspecified atom stereocenters. The number of alkyl halides is 3. The van der Waals surface area contributed by atoms with Crippen LogP contribution in [0.4, 0.5) is 18.9 Å². The number of nitro groups is 1. The number of nitro benzene ring substituents is 1. The molecule has 140 valence electrons.